The fraction of sp³-hybridized carbons (Fsp3) is 1.00. The lowest BCUT2D eigenvalue weighted by molar-refractivity contribution is 0.417. The quantitative estimate of drug-likeness (QED) is 0.386. The maximum absolute atomic E-state index is 6.36. The van der Waals surface area contributed by atoms with Gasteiger partial charge >= 0.3 is 0 Å². The first kappa shape index (κ1) is 20.9. The lowest BCUT2D eigenvalue weighted by Gasteiger charge is -2.32. The van der Waals surface area contributed by atoms with Gasteiger partial charge < -0.3 is 17.1 Å². The minimum absolute atomic E-state index is 0.311. The zero-order chi connectivity index (χ0) is 15.6. The summed E-state index contributed by atoms with van der Waals surface area (Å²) in [5, 5.41) is 0. The number of hydrogen-bond acceptors (Lipinski definition) is 4. The van der Waals surface area contributed by atoms with Gasteiger partial charge in [0.25, 0.3) is 9.28 Å². The van der Waals surface area contributed by atoms with Gasteiger partial charge in [0.1, 0.15) is 0 Å². The van der Waals surface area contributed by atoms with E-state index in [1.165, 1.54) is 24.2 Å². The fourth-order valence-corrected chi connectivity index (χ4v) is 19.6. The van der Waals surface area contributed by atoms with Crippen LogP contribution in [-0.4, -0.2) is 59.7 Å². The zero-order valence-corrected chi connectivity index (χ0v) is 20.4. The highest BCUT2D eigenvalue weighted by atomic mass is 28.4. The van der Waals surface area contributed by atoms with Crippen LogP contribution >= 0.6 is 0 Å². The first-order valence-corrected chi connectivity index (χ1v) is 19.0. The van der Waals surface area contributed by atoms with E-state index in [1.807, 2.05) is 14.2 Å². The van der Waals surface area contributed by atoms with E-state index in [9.17, 15) is 0 Å². The Bertz CT molecular complexity index is 229. The van der Waals surface area contributed by atoms with Crippen molar-refractivity contribution in [2.45, 2.75) is 56.9 Å². The van der Waals surface area contributed by atoms with Crippen molar-refractivity contribution in [3.63, 3.8) is 0 Å². The highest BCUT2D eigenvalue weighted by molar-refractivity contribution is 6.82. The molecule has 0 amide bonds. The molecule has 4 nitrogen and oxygen atoms in total. The molecule has 0 saturated carbocycles. The van der Waals surface area contributed by atoms with Gasteiger partial charge in [-0.25, -0.2) is 0 Å². The van der Waals surface area contributed by atoms with E-state index >= 15 is 0 Å². The Morgan fingerprint density at radius 2 is 1.15 bits per heavy atom. The molecule has 0 unspecified atom stereocenters. The van der Waals surface area contributed by atoms with Crippen LogP contribution in [0.2, 0.25) is 56.9 Å². The van der Waals surface area contributed by atoms with E-state index in [1.54, 1.807) is 0 Å². The molecule has 0 aromatic heterocycles. The lowest BCUT2D eigenvalue weighted by Crippen LogP contribution is -2.44. The largest absolute Gasteiger partial charge is 0.439 e. The fourth-order valence-electron chi connectivity index (χ4n) is 2.32. The molecule has 0 aliphatic carbocycles. The third-order valence-corrected chi connectivity index (χ3v) is 17.6. The molecular weight excluding hydrogens is 337 g/mol. The SMILES string of the molecule is CO[SiH2]CC[Si](C)(C)O[SiH](C)O[Si](C)(C)CC[SiH2]OC. The number of rotatable bonds is 12. The van der Waals surface area contributed by atoms with Crippen molar-refractivity contribution in [1.82, 2.24) is 0 Å². The minimum atomic E-state index is -1.54. The maximum atomic E-state index is 6.36. The zero-order valence-electron chi connectivity index (χ0n) is 14.5. The van der Waals surface area contributed by atoms with Crippen molar-refractivity contribution in [3.8, 4) is 0 Å². The van der Waals surface area contributed by atoms with Gasteiger partial charge in [-0.05, 0) is 56.9 Å². The van der Waals surface area contributed by atoms with Crippen LogP contribution in [0, 0.1) is 0 Å². The Labute approximate surface area is 133 Å². The predicted octanol–water partition coefficient (Wildman–Crippen LogP) is 1.58. The summed E-state index contributed by atoms with van der Waals surface area (Å²) in [7, 11) is -1.55. The van der Waals surface area contributed by atoms with Crippen LogP contribution in [0.4, 0.5) is 0 Å². The molecule has 0 aromatic carbocycles. The molecule has 0 saturated heterocycles. The molecule has 0 aliphatic heterocycles. The second kappa shape index (κ2) is 10.6. The van der Waals surface area contributed by atoms with Gasteiger partial charge in [-0.1, -0.05) is 0 Å². The molecule has 0 atom stereocenters. The van der Waals surface area contributed by atoms with Crippen molar-refractivity contribution in [1.29, 1.82) is 0 Å². The third-order valence-electron chi connectivity index (χ3n) is 3.22. The van der Waals surface area contributed by atoms with Crippen molar-refractivity contribution < 1.29 is 17.1 Å². The Balaban J connectivity index is 4.08. The van der Waals surface area contributed by atoms with Gasteiger partial charge in [0, 0.05) is 14.2 Å². The Hall–Kier alpha value is 0.924. The summed E-state index contributed by atoms with van der Waals surface area (Å²) in [6.07, 6.45) is 0. The van der Waals surface area contributed by atoms with Crippen LogP contribution in [0.3, 0.4) is 0 Å². The smallest absolute Gasteiger partial charge is 0.297 e. The first-order valence-electron chi connectivity index (χ1n) is 7.56. The molecule has 9 heteroatoms. The highest BCUT2D eigenvalue weighted by Gasteiger charge is 2.30. The van der Waals surface area contributed by atoms with E-state index < -0.39 is 25.9 Å². The summed E-state index contributed by atoms with van der Waals surface area (Å²) in [5.74, 6) is 0. The monoisotopic (exact) mass is 370 g/mol. The molecule has 0 fully saturated rings. The normalized spacial score (nSPS) is 15.8. The molecule has 0 heterocycles. The second-order valence-corrected chi connectivity index (χ2v) is 21.0. The second-order valence-electron chi connectivity index (χ2n) is 6.52. The van der Waals surface area contributed by atoms with Gasteiger partial charge in [-0.15, -0.1) is 0 Å². The van der Waals surface area contributed by atoms with Crippen molar-refractivity contribution >= 4 is 45.4 Å². The van der Waals surface area contributed by atoms with Crippen LogP contribution in [0.1, 0.15) is 0 Å². The third kappa shape index (κ3) is 11.6. The lowest BCUT2D eigenvalue weighted by atomic mass is 10.9. The van der Waals surface area contributed by atoms with Crippen molar-refractivity contribution in [2.75, 3.05) is 14.2 Å². The van der Waals surface area contributed by atoms with Crippen molar-refractivity contribution in [3.05, 3.63) is 0 Å². The number of hydrogen-bond donors (Lipinski definition) is 0. The molecule has 0 radical (unpaired) electrons. The molecule has 0 N–H and O–H groups in total. The van der Waals surface area contributed by atoms with Gasteiger partial charge in [-0.3, -0.25) is 0 Å². The summed E-state index contributed by atoms with van der Waals surface area (Å²) in [4.78, 5) is 0. The van der Waals surface area contributed by atoms with Gasteiger partial charge in [0.05, 0.1) is 0 Å². The van der Waals surface area contributed by atoms with Crippen LogP contribution in [0.25, 0.3) is 0 Å². The van der Waals surface area contributed by atoms with E-state index in [2.05, 4.69) is 32.7 Å². The van der Waals surface area contributed by atoms with Crippen LogP contribution in [-0.2, 0) is 17.1 Å². The van der Waals surface area contributed by atoms with Crippen LogP contribution in [0.15, 0.2) is 0 Å². The maximum Gasteiger partial charge on any atom is 0.297 e. The first-order chi connectivity index (χ1) is 9.22. The molecule has 0 bridgehead atoms. The minimum Gasteiger partial charge on any atom is -0.439 e. The molecule has 0 aromatic rings. The molecule has 0 rings (SSSR count). The Morgan fingerprint density at radius 1 is 0.800 bits per heavy atom. The molecule has 20 heavy (non-hydrogen) atoms. The van der Waals surface area contributed by atoms with E-state index in [4.69, 9.17) is 17.1 Å². The molecule has 0 spiro atoms. The highest BCUT2D eigenvalue weighted by Crippen LogP contribution is 2.20. The summed E-state index contributed by atoms with van der Waals surface area (Å²) in [6.45, 7) is 11.5. The summed E-state index contributed by atoms with van der Waals surface area (Å²) >= 11 is 0. The topological polar surface area (TPSA) is 36.9 Å². The van der Waals surface area contributed by atoms with Crippen LogP contribution < -0.4 is 0 Å². The molecule has 0 aliphatic rings. The van der Waals surface area contributed by atoms with E-state index in [-0.39, 0.29) is 19.5 Å². The summed E-state index contributed by atoms with van der Waals surface area (Å²) in [6, 6.07) is 4.90. The van der Waals surface area contributed by atoms with Gasteiger partial charge in [-0.2, -0.15) is 0 Å². The Kier molecular flexibility index (Phi) is 11.1. The standard InChI is InChI=1S/C11H34O4Si5/c1-12-16-8-10-19(4,5)14-18(3)15-20(6,7)11-9-17-13-2/h18H,8-11,16-17H2,1-7H3. The average molecular weight is 371 g/mol. The van der Waals surface area contributed by atoms with Crippen LogP contribution in [0.5, 0.6) is 0 Å². The van der Waals surface area contributed by atoms with Gasteiger partial charge in [0.2, 0.25) is 0 Å². The predicted molar refractivity (Wildman–Crippen MR) is 100 cm³/mol. The molecule has 122 valence electrons. The van der Waals surface area contributed by atoms with E-state index in [0.717, 1.165) is 0 Å². The Morgan fingerprint density at radius 3 is 1.45 bits per heavy atom. The van der Waals surface area contributed by atoms with Crippen molar-refractivity contribution in [2.24, 2.45) is 0 Å². The van der Waals surface area contributed by atoms with Gasteiger partial charge in [0.15, 0.2) is 36.2 Å². The average Bonchev–Trinajstić information content (AvgIpc) is 2.27. The summed E-state index contributed by atoms with van der Waals surface area (Å²) < 4.78 is 23.3. The summed E-state index contributed by atoms with van der Waals surface area (Å²) in [5.41, 5.74) is 0. The van der Waals surface area contributed by atoms with E-state index in [0.29, 0.717) is 0 Å². The molecular formula is C11H34O4Si5.